The average molecular weight is 300 g/mol. The lowest BCUT2D eigenvalue weighted by Gasteiger charge is -2.12. The van der Waals surface area contributed by atoms with Gasteiger partial charge in [-0.2, -0.15) is 13.2 Å². The molecular weight excluding hydrogens is 285 g/mol. The molecular formula is C14H15F3N2S. The predicted molar refractivity (Wildman–Crippen MR) is 73.5 cm³/mol. The van der Waals surface area contributed by atoms with Gasteiger partial charge >= 0.3 is 6.18 Å². The van der Waals surface area contributed by atoms with Crippen LogP contribution >= 0.6 is 11.3 Å². The minimum atomic E-state index is -4.28. The predicted octanol–water partition coefficient (Wildman–Crippen LogP) is 4.32. The van der Waals surface area contributed by atoms with Crippen molar-refractivity contribution in [3.05, 3.63) is 51.5 Å². The van der Waals surface area contributed by atoms with Gasteiger partial charge in [-0.1, -0.05) is 12.1 Å². The van der Waals surface area contributed by atoms with Gasteiger partial charge in [-0.25, -0.2) is 4.98 Å². The molecule has 0 aliphatic heterocycles. The number of rotatable bonds is 4. The molecule has 0 saturated heterocycles. The molecule has 0 aliphatic rings. The fraction of sp³-hybridized carbons (Fsp3) is 0.357. The Morgan fingerprint density at radius 1 is 1.25 bits per heavy atom. The molecule has 1 heterocycles. The number of nitrogens with one attached hydrogen (secondary N) is 1. The highest BCUT2D eigenvalue weighted by atomic mass is 32.1. The lowest BCUT2D eigenvalue weighted by Crippen LogP contribution is -2.18. The average Bonchev–Trinajstić information content (AvgIpc) is 2.82. The smallest absolute Gasteiger partial charge is 0.305 e. The highest BCUT2D eigenvalue weighted by Crippen LogP contribution is 2.29. The Balaban J connectivity index is 1.94. The molecule has 0 bridgehead atoms. The van der Waals surface area contributed by atoms with E-state index in [0.29, 0.717) is 6.54 Å². The van der Waals surface area contributed by atoms with Gasteiger partial charge in [0, 0.05) is 18.0 Å². The summed E-state index contributed by atoms with van der Waals surface area (Å²) < 4.78 is 37.3. The third-order valence-electron chi connectivity index (χ3n) is 2.97. The number of hydrogen-bond acceptors (Lipinski definition) is 3. The lowest BCUT2D eigenvalue weighted by molar-refractivity contribution is -0.137. The summed E-state index contributed by atoms with van der Waals surface area (Å²) in [6.07, 6.45) is -4.28. The number of hydrogen-bond donors (Lipinski definition) is 1. The van der Waals surface area contributed by atoms with Crippen LogP contribution in [-0.2, 0) is 12.7 Å². The third kappa shape index (κ3) is 3.80. The van der Waals surface area contributed by atoms with Gasteiger partial charge in [0.1, 0.15) is 0 Å². The van der Waals surface area contributed by atoms with Crippen molar-refractivity contribution in [1.82, 2.24) is 10.3 Å². The third-order valence-corrected chi connectivity index (χ3v) is 3.77. The van der Waals surface area contributed by atoms with Crippen molar-refractivity contribution in [1.29, 1.82) is 0 Å². The van der Waals surface area contributed by atoms with Crippen LogP contribution in [0.15, 0.2) is 29.6 Å². The van der Waals surface area contributed by atoms with Crippen LogP contribution in [0.2, 0.25) is 0 Å². The highest BCUT2D eigenvalue weighted by Gasteiger charge is 2.29. The molecule has 6 heteroatoms. The van der Waals surface area contributed by atoms with Gasteiger partial charge in [0.25, 0.3) is 0 Å². The van der Waals surface area contributed by atoms with E-state index in [-0.39, 0.29) is 6.04 Å². The van der Waals surface area contributed by atoms with Crippen molar-refractivity contribution in [3.63, 3.8) is 0 Å². The van der Waals surface area contributed by atoms with Gasteiger partial charge in [-0.3, -0.25) is 0 Å². The molecule has 2 nitrogen and oxygen atoms in total. The Morgan fingerprint density at radius 3 is 2.40 bits per heavy atom. The summed E-state index contributed by atoms with van der Waals surface area (Å²) in [5, 5.41) is 6.24. The Hall–Kier alpha value is -1.40. The first-order valence-corrected chi connectivity index (χ1v) is 7.06. The molecule has 0 aliphatic carbocycles. The number of nitrogens with zero attached hydrogens (tertiary/aromatic N) is 1. The van der Waals surface area contributed by atoms with Crippen LogP contribution in [0.4, 0.5) is 13.2 Å². The van der Waals surface area contributed by atoms with Gasteiger partial charge in [0.05, 0.1) is 16.3 Å². The van der Waals surface area contributed by atoms with Crippen LogP contribution in [-0.4, -0.2) is 4.98 Å². The zero-order valence-electron chi connectivity index (χ0n) is 11.2. The zero-order valence-corrected chi connectivity index (χ0v) is 12.0. The van der Waals surface area contributed by atoms with E-state index in [1.165, 1.54) is 12.1 Å². The molecule has 2 rings (SSSR count). The first-order valence-electron chi connectivity index (χ1n) is 6.18. The summed E-state index contributed by atoms with van der Waals surface area (Å²) in [6, 6.07) is 5.27. The number of aromatic nitrogens is 1. The van der Waals surface area contributed by atoms with Crippen LogP contribution in [0.5, 0.6) is 0 Å². The summed E-state index contributed by atoms with van der Waals surface area (Å²) in [6.45, 7) is 4.44. The Bertz CT molecular complexity index is 561. The normalized spacial score (nSPS) is 13.4. The minimum Gasteiger partial charge on any atom is -0.305 e. The summed E-state index contributed by atoms with van der Waals surface area (Å²) in [5.74, 6) is 0. The fourth-order valence-corrected chi connectivity index (χ4v) is 2.47. The lowest BCUT2D eigenvalue weighted by atomic mass is 10.1. The van der Waals surface area contributed by atoms with E-state index in [1.807, 2.05) is 19.2 Å². The van der Waals surface area contributed by atoms with Crippen LogP contribution in [0.25, 0.3) is 0 Å². The topological polar surface area (TPSA) is 24.9 Å². The van der Waals surface area contributed by atoms with E-state index < -0.39 is 11.7 Å². The number of aryl methyl sites for hydroxylation is 1. The summed E-state index contributed by atoms with van der Waals surface area (Å²) in [7, 11) is 0. The second-order valence-electron chi connectivity index (χ2n) is 4.59. The Kier molecular flexibility index (Phi) is 4.45. The quantitative estimate of drug-likeness (QED) is 0.909. The van der Waals surface area contributed by atoms with Crippen molar-refractivity contribution in [2.45, 2.75) is 32.6 Å². The maximum Gasteiger partial charge on any atom is 0.416 e. The molecule has 0 radical (unpaired) electrons. The van der Waals surface area contributed by atoms with Crippen molar-refractivity contribution in [3.8, 4) is 0 Å². The molecule has 1 aromatic heterocycles. The van der Waals surface area contributed by atoms with Crippen LogP contribution < -0.4 is 5.32 Å². The molecule has 1 aromatic carbocycles. The summed E-state index contributed by atoms with van der Waals surface area (Å²) >= 11 is 1.58. The molecule has 0 fully saturated rings. The maximum absolute atomic E-state index is 12.4. The van der Waals surface area contributed by atoms with Gasteiger partial charge in [0.15, 0.2) is 0 Å². The van der Waals surface area contributed by atoms with E-state index in [4.69, 9.17) is 0 Å². The van der Waals surface area contributed by atoms with Gasteiger partial charge in [0.2, 0.25) is 0 Å². The highest BCUT2D eigenvalue weighted by molar-refractivity contribution is 7.09. The second kappa shape index (κ2) is 5.93. The number of halogens is 3. The Labute approximate surface area is 119 Å². The van der Waals surface area contributed by atoms with Crippen LogP contribution in [0, 0.1) is 6.92 Å². The zero-order chi connectivity index (χ0) is 14.8. The molecule has 0 spiro atoms. The van der Waals surface area contributed by atoms with Gasteiger partial charge in [-0.15, -0.1) is 11.3 Å². The van der Waals surface area contributed by atoms with E-state index in [0.717, 1.165) is 28.4 Å². The van der Waals surface area contributed by atoms with E-state index in [9.17, 15) is 13.2 Å². The molecule has 108 valence electrons. The van der Waals surface area contributed by atoms with E-state index in [2.05, 4.69) is 10.3 Å². The minimum absolute atomic E-state index is 0.0715. The van der Waals surface area contributed by atoms with Gasteiger partial charge in [-0.05, 0) is 31.5 Å². The molecule has 2 aromatic rings. The Morgan fingerprint density at radius 2 is 1.90 bits per heavy atom. The van der Waals surface area contributed by atoms with Crippen LogP contribution in [0.3, 0.4) is 0 Å². The molecule has 0 amide bonds. The van der Waals surface area contributed by atoms with Crippen LogP contribution in [0.1, 0.15) is 34.8 Å². The summed E-state index contributed by atoms with van der Waals surface area (Å²) in [5.41, 5.74) is 1.15. The van der Waals surface area contributed by atoms with Crippen molar-refractivity contribution in [2.24, 2.45) is 0 Å². The van der Waals surface area contributed by atoms with E-state index in [1.54, 1.807) is 11.3 Å². The monoisotopic (exact) mass is 300 g/mol. The van der Waals surface area contributed by atoms with E-state index >= 15 is 0 Å². The second-order valence-corrected chi connectivity index (χ2v) is 5.65. The standard InChI is InChI=1S/C14H15F3N2S/c1-9(13-8-20-10(2)19-13)18-7-11-3-5-12(6-4-11)14(15,16)17/h3-6,8-9,18H,7H2,1-2H3. The van der Waals surface area contributed by atoms with Crippen molar-refractivity contribution in [2.75, 3.05) is 0 Å². The van der Waals surface area contributed by atoms with Gasteiger partial charge < -0.3 is 5.32 Å². The number of benzene rings is 1. The molecule has 1 atom stereocenters. The molecule has 20 heavy (non-hydrogen) atoms. The molecule has 1 unspecified atom stereocenters. The molecule has 0 saturated carbocycles. The van der Waals surface area contributed by atoms with Crippen molar-refractivity contribution < 1.29 is 13.2 Å². The maximum atomic E-state index is 12.4. The number of alkyl halides is 3. The molecule has 1 N–H and O–H groups in total. The SMILES string of the molecule is Cc1nc(C(C)NCc2ccc(C(F)(F)F)cc2)cs1. The number of thiazole rings is 1. The first-order chi connectivity index (χ1) is 9.36. The fourth-order valence-electron chi connectivity index (χ4n) is 1.77. The summed E-state index contributed by atoms with van der Waals surface area (Å²) in [4.78, 5) is 4.38. The first kappa shape index (κ1) is 15.0. The van der Waals surface area contributed by atoms with Crippen molar-refractivity contribution >= 4 is 11.3 Å². The largest absolute Gasteiger partial charge is 0.416 e.